The van der Waals surface area contributed by atoms with Gasteiger partial charge in [0, 0.05) is 5.54 Å². The molecule has 1 aromatic carbocycles. The lowest BCUT2D eigenvalue weighted by atomic mass is 9.72. The van der Waals surface area contributed by atoms with Crippen LogP contribution < -0.4 is 5.73 Å². The lowest BCUT2D eigenvalue weighted by molar-refractivity contribution is 0.0526. The molecular formula is C13H17NO2. The lowest BCUT2D eigenvalue weighted by Crippen LogP contribution is -2.43. The number of carbonyl (C=O) groups is 1. The van der Waals surface area contributed by atoms with E-state index in [0.717, 1.165) is 18.4 Å². The van der Waals surface area contributed by atoms with Crippen molar-refractivity contribution < 1.29 is 9.53 Å². The van der Waals surface area contributed by atoms with Crippen LogP contribution in [0.25, 0.3) is 0 Å². The molecule has 16 heavy (non-hydrogen) atoms. The van der Waals surface area contributed by atoms with E-state index < -0.39 is 0 Å². The Morgan fingerprint density at radius 3 is 2.81 bits per heavy atom. The van der Waals surface area contributed by atoms with Crippen molar-refractivity contribution in [3.63, 3.8) is 0 Å². The van der Waals surface area contributed by atoms with E-state index in [1.165, 1.54) is 6.42 Å². The highest BCUT2D eigenvalue weighted by Crippen LogP contribution is 2.38. The topological polar surface area (TPSA) is 52.3 Å². The van der Waals surface area contributed by atoms with Gasteiger partial charge in [-0.3, -0.25) is 0 Å². The van der Waals surface area contributed by atoms with Crippen LogP contribution in [0.5, 0.6) is 0 Å². The Balaban J connectivity index is 2.22. The van der Waals surface area contributed by atoms with E-state index in [1.54, 1.807) is 13.0 Å². The molecule has 1 saturated carbocycles. The van der Waals surface area contributed by atoms with Gasteiger partial charge >= 0.3 is 5.97 Å². The molecule has 2 rings (SSSR count). The quantitative estimate of drug-likeness (QED) is 0.793. The highest BCUT2D eigenvalue weighted by atomic mass is 16.5. The van der Waals surface area contributed by atoms with Crippen LogP contribution in [0.3, 0.4) is 0 Å². The van der Waals surface area contributed by atoms with Gasteiger partial charge in [-0.25, -0.2) is 4.79 Å². The molecule has 0 bridgehead atoms. The fraction of sp³-hybridized carbons (Fsp3) is 0.462. The molecule has 3 heteroatoms. The first kappa shape index (κ1) is 11.1. The summed E-state index contributed by atoms with van der Waals surface area (Å²) in [5, 5.41) is 0. The molecule has 1 aliphatic carbocycles. The van der Waals surface area contributed by atoms with Gasteiger partial charge < -0.3 is 10.5 Å². The predicted octanol–water partition coefficient (Wildman–Crippen LogP) is 2.20. The third-order valence-electron chi connectivity index (χ3n) is 3.19. The second kappa shape index (κ2) is 4.26. The Kier molecular flexibility index (Phi) is 2.97. The Labute approximate surface area is 95.6 Å². The number of nitrogens with two attached hydrogens (primary N) is 1. The zero-order valence-electron chi connectivity index (χ0n) is 9.53. The third kappa shape index (κ3) is 1.95. The molecule has 0 spiro atoms. The molecule has 0 unspecified atom stereocenters. The molecular weight excluding hydrogens is 202 g/mol. The van der Waals surface area contributed by atoms with Crippen LogP contribution in [0.4, 0.5) is 0 Å². The Morgan fingerprint density at radius 2 is 2.25 bits per heavy atom. The summed E-state index contributed by atoms with van der Waals surface area (Å²) in [6.45, 7) is 2.20. The summed E-state index contributed by atoms with van der Waals surface area (Å²) in [6.07, 6.45) is 3.17. The number of esters is 1. The highest BCUT2D eigenvalue weighted by molar-refractivity contribution is 5.89. The van der Waals surface area contributed by atoms with Gasteiger partial charge in [0.2, 0.25) is 0 Å². The Bertz CT molecular complexity index is 397. The van der Waals surface area contributed by atoms with E-state index in [0.29, 0.717) is 12.2 Å². The fourth-order valence-electron chi connectivity index (χ4n) is 2.02. The van der Waals surface area contributed by atoms with Crippen LogP contribution >= 0.6 is 0 Å². The second-order valence-corrected chi connectivity index (χ2v) is 4.31. The predicted molar refractivity (Wildman–Crippen MR) is 62.1 cm³/mol. The van der Waals surface area contributed by atoms with Crippen molar-refractivity contribution in [3.8, 4) is 0 Å². The molecule has 0 amide bonds. The van der Waals surface area contributed by atoms with Crippen molar-refractivity contribution in [1.82, 2.24) is 0 Å². The summed E-state index contributed by atoms with van der Waals surface area (Å²) in [5.41, 5.74) is 7.63. The molecule has 0 heterocycles. The van der Waals surface area contributed by atoms with E-state index in [4.69, 9.17) is 10.5 Å². The number of hydrogen-bond acceptors (Lipinski definition) is 3. The number of carbonyl (C=O) groups excluding carboxylic acids is 1. The summed E-state index contributed by atoms with van der Waals surface area (Å²) in [7, 11) is 0. The maximum atomic E-state index is 11.6. The molecule has 0 aromatic heterocycles. The van der Waals surface area contributed by atoms with Crippen LogP contribution in [-0.4, -0.2) is 12.6 Å². The molecule has 0 aliphatic heterocycles. The molecule has 0 saturated heterocycles. The highest BCUT2D eigenvalue weighted by Gasteiger charge is 2.34. The van der Waals surface area contributed by atoms with E-state index in [2.05, 4.69) is 0 Å². The number of ether oxygens (including phenoxy) is 1. The van der Waals surface area contributed by atoms with Crippen LogP contribution in [0.1, 0.15) is 42.1 Å². The molecule has 1 aliphatic rings. The second-order valence-electron chi connectivity index (χ2n) is 4.31. The van der Waals surface area contributed by atoms with Crippen LogP contribution in [0, 0.1) is 0 Å². The summed E-state index contributed by atoms with van der Waals surface area (Å²) in [6, 6.07) is 7.48. The maximum Gasteiger partial charge on any atom is 0.338 e. The lowest BCUT2D eigenvalue weighted by Gasteiger charge is -2.38. The molecule has 0 radical (unpaired) electrons. The largest absolute Gasteiger partial charge is 0.462 e. The smallest absolute Gasteiger partial charge is 0.338 e. The van der Waals surface area contributed by atoms with Gasteiger partial charge in [-0.1, -0.05) is 12.1 Å². The van der Waals surface area contributed by atoms with Crippen LogP contribution in [0.15, 0.2) is 24.3 Å². The van der Waals surface area contributed by atoms with E-state index in [9.17, 15) is 4.79 Å². The van der Waals surface area contributed by atoms with Crippen molar-refractivity contribution in [1.29, 1.82) is 0 Å². The maximum absolute atomic E-state index is 11.6. The molecule has 0 atom stereocenters. The van der Waals surface area contributed by atoms with Crippen molar-refractivity contribution in [2.45, 2.75) is 31.7 Å². The molecule has 86 valence electrons. The van der Waals surface area contributed by atoms with E-state index in [-0.39, 0.29) is 11.5 Å². The van der Waals surface area contributed by atoms with Crippen molar-refractivity contribution in [2.24, 2.45) is 5.73 Å². The zero-order chi connectivity index (χ0) is 11.6. The molecule has 2 N–H and O–H groups in total. The summed E-state index contributed by atoms with van der Waals surface area (Å²) in [5.74, 6) is -0.271. The normalized spacial score (nSPS) is 17.6. The molecule has 1 aromatic rings. The average molecular weight is 219 g/mol. The standard InChI is InChI=1S/C13H17NO2/c1-2-16-12(15)10-5-3-6-11(9-10)13(14)7-4-8-13/h3,5-6,9H,2,4,7-8,14H2,1H3. The molecule has 3 nitrogen and oxygen atoms in total. The van der Waals surface area contributed by atoms with Gasteiger partial charge in [0.05, 0.1) is 12.2 Å². The van der Waals surface area contributed by atoms with Gasteiger partial charge in [0.1, 0.15) is 0 Å². The minimum Gasteiger partial charge on any atom is -0.462 e. The van der Waals surface area contributed by atoms with Crippen LogP contribution in [-0.2, 0) is 10.3 Å². The number of benzene rings is 1. The first-order valence-corrected chi connectivity index (χ1v) is 5.72. The van der Waals surface area contributed by atoms with Gasteiger partial charge in [-0.15, -0.1) is 0 Å². The van der Waals surface area contributed by atoms with Crippen molar-refractivity contribution >= 4 is 5.97 Å². The van der Waals surface area contributed by atoms with E-state index >= 15 is 0 Å². The first-order chi connectivity index (χ1) is 7.65. The van der Waals surface area contributed by atoms with Gasteiger partial charge in [0.25, 0.3) is 0 Å². The SMILES string of the molecule is CCOC(=O)c1cccc(C2(N)CCC2)c1. The van der Waals surface area contributed by atoms with Crippen molar-refractivity contribution in [3.05, 3.63) is 35.4 Å². The average Bonchev–Trinajstić information content (AvgIpc) is 2.26. The minimum atomic E-state index is -0.271. The third-order valence-corrected chi connectivity index (χ3v) is 3.19. The first-order valence-electron chi connectivity index (χ1n) is 5.72. The summed E-state index contributed by atoms with van der Waals surface area (Å²) >= 11 is 0. The van der Waals surface area contributed by atoms with Crippen molar-refractivity contribution in [2.75, 3.05) is 6.61 Å². The summed E-state index contributed by atoms with van der Waals surface area (Å²) in [4.78, 5) is 11.6. The zero-order valence-corrected chi connectivity index (χ0v) is 9.53. The Morgan fingerprint density at radius 1 is 1.50 bits per heavy atom. The van der Waals surface area contributed by atoms with Gasteiger partial charge in [0.15, 0.2) is 0 Å². The van der Waals surface area contributed by atoms with Gasteiger partial charge in [-0.2, -0.15) is 0 Å². The number of hydrogen-bond donors (Lipinski definition) is 1. The van der Waals surface area contributed by atoms with Crippen LogP contribution in [0.2, 0.25) is 0 Å². The Hall–Kier alpha value is -1.35. The van der Waals surface area contributed by atoms with E-state index in [1.807, 2.05) is 18.2 Å². The minimum absolute atomic E-state index is 0.220. The fourth-order valence-corrected chi connectivity index (χ4v) is 2.02. The number of rotatable bonds is 3. The molecule has 1 fully saturated rings. The monoisotopic (exact) mass is 219 g/mol. The summed E-state index contributed by atoms with van der Waals surface area (Å²) < 4.78 is 4.97. The van der Waals surface area contributed by atoms with Gasteiger partial charge in [-0.05, 0) is 43.9 Å².